The van der Waals surface area contributed by atoms with E-state index in [4.69, 9.17) is 0 Å². The molecule has 0 amide bonds. The standard InChI is InChI=1S/C14H28O3.Na/c1-2-3-4-5-6-7-8-10-13(15)11-9-12-14(16)17;/h13,15H,2-12H2,1H3,(H,16,17);/q;+1/p-1. The largest absolute Gasteiger partial charge is 1.00 e. The van der Waals surface area contributed by atoms with Crippen LogP contribution in [0.1, 0.15) is 77.6 Å². The summed E-state index contributed by atoms with van der Waals surface area (Å²) in [6.45, 7) is 2.21. The van der Waals surface area contributed by atoms with E-state index in [1.165, 1.54) is 38.5 Å². The van der Waals surface area contributed by atoms with Crippen molar-refractivity contribution in [3.63, 3.8) is 0 Å². The van der Waals surface area contributed by atoms with Crippen LogP contribution < -0.4 is 34.7 Å². The Morgan fingerprint density at radius 1 is 1.00 bits per heavy atom. The zero-order chi connectivity index (χ0) is 12.9. The van der Waals surface area contributed by atoms with Gasteiger partial charge in [-0.3, -0.25) is 0 Å². The zero-order valence-corrected chi connectivity index (χ0v) is 14.1. The molecular formula is C14H27NaO3. The molecule has 0 aromatic rings. The molecule has 0 aliphatic rings. The summed E-state index contributed by atoms with van der Waals surface area (Å²) in [6, 6.07) is 0. The predicted molar refractivity (Wildman–Crippen MR) is 67.5 cm³/mol. The van der Waals surface area contributed by atoms with E-state index in [0.717, 1.165) is 12.8 Å². The average Bonchev–Trinajstić information content (AvgIpc) is 2.27. The van der Waals surface area contributed by atoms with Crippen molar-refractivity contribution in [1.29, 1.82) is 0 Å². The number of aliphatic hydroxyl groups is 1. The first-order chi connectivity index (χ1) is 8.16. The van der Waals surface area contributed by atoms with Crippen molar-refractivity contribution in [3.05, 3.63) is 0 Å². The van der Waals surface area contributed by atoms with Crippen LogP contribution >= 0.6 is 0 Å². The first-order valence-electron chi connectivity index (χ1n) is 7.04. The number of carboxylic acid groups (broad SMARTS) is 1. The molecular weight excluding hydrogens is 239 g/mol. The summed E-state index contributed by atoms with van der Waals surface area (Å²) in [7, 11) is 0. The zero-order valence-electron chi connectivity index (χ0n) is 12.1. The Hall–Kier alpha value is 0.430. The smallest absolute Gasteiger partial charge is 0.550 e. The monoisotopic (exact) mass is 266 g/mol. The minimum Gasteiger partial charge on any atom is -0.550 e. The molecule has 0 aliphatic carbocycles. The molecule has 4 heteroatoms. The van der Waals surface area contributed by atoms with Gasteiger partial charge in [0.2, 0.25) is 0 Å². The van der Waals surface area contributed by atoms with E-state index in [1.807, 2.05) is 0 Å². The van der Waals surface area contributed by atoms with Gasteiger partial charge in [-0.05, 0) is 25.7 Å². The summed E-state index contributed by atoms with van der Waals surface area (Å²) in [5.74, 6) is -1.02. The topological polar surface area (TPSA) is 60.4 Å². The fourth-order valence-electron chi connectivity index (χ4n) is 1.96. The molecule has 0 bridgehead atoms. The van der Waals surface area contributed by atoms with Gasteiger partial charge in [0.1, 0.15) is 0 Å². The molecule has 0 saturated heterocycles. The van der Waals surface area contributed by atoms with Gasteiger partial charge in [-0.2, -0.15) is 0 Å². The van der Waals surface area contributed by atoms with E-state index >= 15 is 0 Å². The SMILES string of the molecule is CCCCCCCCCC(O)CCCC(=O)[O-].[Na+]. The van der Waals surface area contributed by atoms with E-state index in [9.17, 15) is 15.0 Å². The second kappa shape index (κ2) is 15.5. The van der Waals surface area contributed by atoms with Gasteiger partial charge in [-0.25, -0.2) is 0 Å². The van der Waals surface area contributed by atoms with Crippen LogP contribution in [0.3, 0.4) is 0 Å². The summed E-state index contributed by atoms with van der Waals surface area (Å²) < 4.78 is 0. The van der Waals surface area contributed by atoms with Gasteiger partial charge in [0.15, 0.2) is 0 Å². The Labute approximate surface area is 134 Å². The second-order valence-electron chi connectivity index (χ2n) is 4.83. The van der Waals surface area contributed by atoms with E-state index in [2.05, 4.69) is 6.92 Å². The maximum absolute atomic E-state index is 10.2. The van der Waals surface area contributed by atoms with Crippen LogP contribution in [-0.4, -0.2) is 17.2 Å². The van der Waals surface area contributed by atoms with E-state index in [0.29, 0.717) is 12.8 Å². The van der Waals surface area contributed by atoms with Crippen LogP contribution in [0.15, 0.2) is 0 Å². The Bertz CT molecular complexity index is 186. The average molecular weight is 266 g/mol. The molecule has 0 rings (SSSR count). The van der Waals surface area contributed by atoms with Gasteiger partial charge in [0.05, 0.1) is 6.10 Å². The van der Waals surface area contributed by atoms with Crippen molar-refractivity contribution in [2.24, 2.45) is 0 Å². The third-order valence-electron chi connectivity index (χ3n) is 3.06. The van der Waals surface area contributed by atoms with Crippen LogP contribution in [0, 0.1) is 0 Å². The molecule has 0 heterocycles. The molecule has 0 radical (unpaired) electrons. The third kappa shape index (κ3) is 16.4. The van der Waals surface area contributed by atoms with Gasteiger partial charge in [-0.1, -0.05) is 51.9 Å². The van der Waals surface area contributed by atoms with Crippen molar-refractivity contribution in [3.8, 4) is 0 Å². The minimum absolute atomic E-state index is 0. The van der Waals surface area contributed by atoms with E-state index < -0.39 is 5.97 Å². The molecule has 0 aromatic carbocycles. The number of carbonyl (C=O) groups excluding carboxylic acids is 1. The molecule has 0 aliphatic heterocycles. The normalized spacial score (nSPS) is 11.9. The Kier molecular flexibility index (Phi) is 17.8. The van der Waals surface area contributed by atoms with Gasteiger partial charge in [0, 0.05) is 5.97 Å². The summed E-state index contributed by atoms with van der Waals surface area (Å²) in [4.78, 5) is 10.2. The van der Waals surface area contributed by atoms with Crippen molar-refractivity contribution in [2.45, 2.75) is 83.7 Å². The third-order valence-corrected chi connectivity index (χ3v) is 3.06. The fraction of sp³-hybridized carbons (Fsp3) is 0.929. The quantitative estimate of drug-likeness (QED) is 0.379. The van der Waals surface area contributed by atoms with Gasteiger partial charge in [-0.15, -0.1) is 0 Å². The van der Waals surface area contributed by atoms with Crippen molar-refractivity contribution in [2.75, 3.05) is 0 Å². The number of rotatable bonds is 12. The van der Waals surface area contributed by atoms with Crippen LogP contribution in [0.2, 0.25) is 0 Å². The Morgan fingerprint density at radius 3 is 2.06 bits per heavy atom. The molecule has 1 unspecified atom stereocenters. The predicted octanol–water partition coefficient (Wildman–Crippen LogP) is -0.588. The molecule has 1 N–H and O–H groups in total. The van der Waals surface area contributed by atoms with Crippen LogP contribution in [-0.2, 0) is 4.79 Å². The van der Waals surface area contributed by atoms with Gasteiger partial charge < -0.3 is 15.0 Å². The number of unbranched alkanes of at least 4 members (excludes halogenated alkanes) is 6. The van der Waals surface area contributed by atoms with E-state index in [-0.39, 0.29) is 42.1 Å². The Balaban J connectivity index is 0. The maximum Gasteiger partial charge on any atom is 1.00 e. The first-order valence-corrected chi connectivity index (χ1v) is 7.04. The molecule has 102 valence electrons. The van der Waals surface area contributed by atoms with Gasteiger partial charge >= 0.3 is 29.6 Å². The molecule has 1 atom stereocenters. The summed E-state index contributed by atoms with van der Waals surface area (Å²) in [5.41, 5.74) is 0. The van der Waals surface area contributed by atoms with Crippen LogP contribution in [0.25, 0.3) is 0 Å². The van der Waals surface area contributed by atoms with Crippen molar-refractivity contribution in [1.82, 2.24) is 0 Å². The summed E-state index contributed by atoms with van der Waals surface area (Å²) in [5, 5.41) is 19.8. The molecule has 0 saturated carbocycles. The fourth-order valence-corrected chi connectivity index (χ4v) is 1.96. The number of carboxylic acids is 1. The number of aliphatic carboxylic acids is 1. The summed E-state index contributed by atoms with van der Waals surface area (Å²) in [6.07, 6.45) is 10.4. The minimum atomic E-state index is -1.02. The molecule has 0 fully saturated rings. The summed E-state index contributed by atoms with van der Waals surface area (Å²) >= 11 is 0. The first kappa shape index (κ1) is 20.7. The number of hydrogen-bond acceptors (Lipinski definition) is 3. The van der Waals surface area contributed by atoms with Crippen LogP contribution in [0.4, 0.5) is 0 Å². The van der Waals surface area contributed by atoms with Gasteiger partial charge in [0.25, 0.3) is 0 Å². The molecule has 0 spiro atoms. The molecule has 3 nitrogen and oxygen atoms in total. The van der Waals surface area contributed by atoms with E-state index in [1.54, 1.807) is 0 Å². The molecule has 0 aromatic heterocycles. The maximum atomic E-state index is 10.2. The van der Waals surface area contributed by atoms with Crippen molar-refractivity contribution >= 4 is 5.97 Å². The molecule has 18 heavy (non-hydrogen) atoms. The number of hydrogen-bond donors (Lipinski definition) is 1. The second-order valence-corrected chi connectivity index (χ2v) is 4.83. The number of carbonyl (C=O) groups is 1. The van der Waals surface area contributed by atoms with Crippen molar-refractivity contribution < 1.29 is 44.6 Å². The number of aliphatic hydroxyl groups excluding tert-OH is 1. The van der Waals surface area contributed by atoms with Crippen LogP contribution in [0.5, 0.6) is 0 Å². The Morgan fingerprint density at radius 2 is 1.50 bits per heavy atom.